The maximum Gasteiger partial charge on any atom is 0.0559 e. The fraction of sp³-hybridized carbons (Fsp3) is 0.714. The molecule has 0 unspecified atom stereocenters. The van der Waals surface area contributed by atoms with Crippen LogP contribution in [0.3, 0.4) is 0 Å². The molecule has 25 heavy (non-hydrogen) atoms. The first kappa shape index (κ1) is 23.7. The molecule has 0 aromatic carbocycles. The Morgan fingerprint density at radius 1 is 0.720 bits per heavy atom. The van der Waals surface area contributed by atoms with Crippen molar-refractivity contribution in [3.63, 3.8) is 0 Å². The van der Waals surface area contributed by atoms with Crippen LogP contribution in [0.15, 0.2) is 12.7 Å². The topological polar surface area (TPSA) is 36.9 Å². The summed E-state index contributed by atoms with van der Waals surface area (Å²) in [4.78, 5) is 0. The minimum Gasteiger partial charge on any atom is -0.384 e. The minimum absolute atomic E-state index is 0.160. The molecule has 0 aliphatic carbocycles. The predicted octanol–water partition coefficient (Wildman–Crippen LogP) is 3.32. The summed E-state index contributed by atoms with van der Waals surface area (Å²) < 4.78 is 21.6. The van der Waals surface area contributed by atoms with Gasteiger partial charge in [-0.05, 0) is 13.3 Å². The molecule has 0 amide bonds. The first-order valence-corrected chi connectivity index (χ1v) is 8.49. The third-order valence-corrected chi connectivity index (χ3v) is 4.07. The van der Waals surface area contributed by atoms with E-state index in [9.17, 15) is 0 Å². The van der Waals surface area contributed by atoms with Gasteiger partial charge in [-0.15, -0.1) is 30.3 Å². The first-order chi connectivity index (χ1) is 12.1. The van der Waals surface area contributed by atoms with Gasteiger partial charge in [-0.1, -0.05) is 6.08 Å². The van der Waals surface area contributed by atoms with Gasteiger partial charge in [0.05, 0.1) is 26.4 Å². The lowest BCUT2D eigenvalue weighted by Gasteiger charge is -2.30. The SMILES string of the molecule is C=CCC(CC#CCC(CC#CC)(COC)COC)(COC)COC. The van der Waals surface area contributed by atoms with E-state index >= 15 is 0 Å². The van der Waals surface area contributed by atoms with Crippen molar-refractivity contribution in [1.82, 2.24) is 0 Å². The summed E-state index contributed by atoms with van der Waals surface area (Å²) in [5.41, 5.74) is -0.365. The van der Waals surface area contributed by atoms with Crippen LogP contribution in [0.25, 0.3) is 0 Å². The fourth-order valence-electron chi connectivity index (χ4n) is 2.95. The third-order valence-electron chi connectivity index (χ3n) is 4.07. The van der Waals surface area contributed by atoms with Crippen molar-refractivity contribution in [3.05, 3.63) is 12.7 Å². The maximum absolute atomic E-state index is 5.40. The molecule has 0 aromatic rings. The molecule has 0 spiro atoms. The lowest BCUT2D eigenvalue weighted by atomic mass is 9.81. The highest BCUT2D eigenvalue weighted by Gasteiger charge is 2.30. The standard InChI is InChI=1S/C21H34O4/c1-7-9-13-21(18-24-5,19-25-6)15-11-10-14-20(12-8-2,16-22-3)17-23-4/h8H,2,12-19H2,1,3-6H3. The highest BCUT2D eigenvalue weighted by Crippen LogP contribution is 2.29. The monoisotopic (exact) mass is 350 g/mol. The summed E-state index contributed by atoms with van der Waals surface area (Å²) >= 11 is 0. The van der Waals surface area contributed by atoms with Gasteiger partial charge in [-0.3, -0.25) is 0 Å². The van der Waals surface area contributed by atoms with Gasteiger partial charge in [0, 0.05) is 58.5 Å². The second kappa shape index (κ2) is 13.9. The van der Waals surface area contributed by atoms with Gasteiger partial charge < -0.3 is 18.9 Å². The molecule has 0 aromatic heterocycles. The number of hydrogen-bond acceptors (Lipinski definition) is 4. The largest absolute Gasteiger partial charge is 0.384 e. The summed E-state index contributed by atoms with van der Waals surface area (Å²) in [6.07, 6.45) is 4.76. The van der Waals surface area contributed by atoms with Gasteiger partial charge in [-0.2, -0.15) is 0 Å². The Bertz CT molecular complexity index is 464. The quantitative estimate of drug-likeness (QED) is 0.377. The Hall–Kier alpha value is -1.30. The van der Waals surface area contributed by atoms with Crippen molar-refractivity contribution in [1.29, 1.82) is 0 Å². The Morgan fingerprint density at radius 2 is 1.12 bits per heavy atom. The number of hydrogen-bond donors (Lipinski definition) is 0. The lowest BCUT2D eigenvalue weighted by molar-refractivity contribution is 0.0140. The van der Waals surface area contributed by atoms with Crippen molar-refractivity contribution in [2.75, 3.05) is 54.9 Å². The second-order valence-electron chi connectivity index (χ2n) is 6.54. The molecule has 0 radical (unpaired) electrons. The smallest absolute Gasteiger partial charge is 0.0559 e. The van der Waals surface area contributed by atoms with E-state index in [0.29, 0.717) is 45.7 Å². The number of rotatable bonds is 13. The van der Waals surface area contributed by atoms with Crippen molar-refractivity contribution in [2.24, 2.45) is 10.8 Å². The van der Waals surface area contributed by atoms with Crippen LogP contribution in [-0.4, -0.2) is 54.9 Å². The predicted molar refractivity (Wildman–Crippen MR) is 102 cm³/mol. The van der Waals surface area contributed by atoms with E-state index in [2.05, 4.69) is 30.3 Å². The van der Waals surface area contributed by atoms with Gasteiger partial charge in [0.1, 0.15) is 0 Å². The molecule has 0 rings (SSSR count). The van der Waals surface area contributed by atoms with E-state index in [1.807, 2.05) is 13.0 Å². The summed E-state index contributed by atoms with van der Waals surface area (Å²) in [5.74, 6) is 12.7. The molecule has 4 heteroatoms. The Kier molecular flexibility index (Phi) is 13.2. The lowest BCUT2D eigenvalue weighted by Crippen LogP contribution is -2.32. The summed E-state index contributed by atoms with van der Waals surface area (Å²) in [5, 5.41) is 0. The van der Waals surface area contributed by atoms with E-state index in [4.69, 9.17) is 18.9 Å². The van der Waals surface area contributed by atoms with Crippen LogP contribution in [0.5, 0.6) is 0 Å². The molecule has 4 nitrogen and oxygen atoms in total. The van der Waals surface area contributed by atoms with Gasteiger partial charge in [0.15, 0.2) is 0 Å². The van der Waals surface area contributed by atoms with Crippen LogP contribution in [0, 0.1) is 34.5 Å². The van der Waals surface area contributed by atoms with Crippen LogP contribution in [-0.2, 0) is 18.9 Å². The highest BCUT2D eigenvalue weighted by atomic mass is 16.5. The average Bonchev–Trinajstić information content (AvgIpc) is 2.58. The molecular weight excluding hydrogens is 316 g/mol. The zero-order chi connectivity index (χ0) is 19.0. The third kappa shape index (κ3) is 9.10. The zero-order valence-electron chi connectivity index (χ0n) is 16.6. The highest BCUT2D eigenvalue weighted by molar-refractivity contribution is 5.10. The molecule has 0 atom stereocenters. The summed E-state index contributed by atoms with van der Waals surface area (Å²) in [7, 11) is 6.80. The van der Waals surface area contributed by atoms with Gasteiger partial charge in [-0.25, -0.2) is 0 Å². The Morgan fingerprint density at radius 3 is 1.52 bits per heavy atom. The van der Waals surface area contributed by atoms with Crippen molar-refractivity contribution >= 4 is 0 Å². The van der Waals surface area contributed by atoms with Gasteiger partial charge >= 0.3 is 0 Å². The van der Waals surface area contributed by atoms with Crippen LogP contribution in [0.4, 0.5) is 0 Å². The molecule has 142 valence electrons. The molecule has 0 saturated heterocycles. The molecule has 0 fully saturated rings. The van der Waals surface area contributed by atoms with Gasteiger partial charge in [0.2, 0.25) is 0 Å². The summed E-state index contributed by atoms with van der Waals surface area (Å²) in [6, 6.07) is 0. The molecule has 0 aliphatic rings. The van der Waals surface area contributed by atoms with Crippen LogP contribution >= 0.6 is 0 Å². The first-order valence-electron chi connectivity index (χ1n) is 8.49. The number of allylic oxidation sites excluding steroid dienone is 1. The number of ether oxygens (including phenoxy) is 4. The van der Waals surface area contributed by atoms with Crippen molar-refractivity contribution < 1.29 is 18.9 Å². The van der Waals surface area contributed by atoms with Crippen LogP contribution < -0.4 is 0 Å². The van der Waals surface area contributed by atoms with E-state index in [0.717, 1.165) is 6.42 Å². The molecule has 0 aliphatic heterocycles. The Balaban J connectivity index is 5.17. The Labute approximate surface area is 154 Å². The van der Waals surface area contributed by atoms with Crippen LogP contribution in [0.1, 0.15) is 32.6 Å². The van der Waals surface area contributed by atoms with E-state index in [1.165, 1.54) is 0 Å². The summed E-state index contributed by atoms with van der Waals surface area (Å²) in [6.45, 7) is 8.00. The van der Waals surface area contributed by atoms with Gasteiger partial charge in [0.25, 0.3) is 0 Å². The average molecular weight is 350 g/mol. The van der Waals surface area contributed by atoms with E-state index < -0.39 is 0 Å². The van der Waals surface area contributed by atoms with Crippen molar-refractivity contribution in [2.45, 2.75) is 32.6 Å². The van der Waals surface area contributed by atoms with E-state index in [-0.39, 0.29) is 10.8 Å². The maximum atomic E-state index is 5.40. The molecule has 0 saturated carbocycles. The molecular formula is C21H34O4. The van der Waals surface area contributed by atoms with Crippen LogP contribution in [0.2, 0.25) is 0 Å². The minimum atomic E-state index is -0.205. The molecule has 0 bridgehead atoms. The van der Waals surface area contributed by atoms with Crippen molar-refractivity contribution in [3.8, 4) is 23.7 Å². The number of methoxy groups -OCH3 is 4. The zero-order valence-corrected chi connectivity index (χ0v) is 16.6. The fourth-order valence-corrected chi connectivity index (χ4v) is 2.95. The molecule has 0 N–H and O–H groups in total. The second-order valence-corrected chi connectivity index (χ2v) is 6.54. The molecule has 0 heterocycles. The van der Waals surface area contributed by atoms with E-state index in [1.54, 1.807) is 28.4 Å². The normalized spacial score (nSPS) is 11.2.